The van der Waals surface area contributed by atoms with Crippen LogP contribution in [0.15, 0.2) is 89.9 Å². The molecule has 0 amide bonds. The van der Waals surface area contributed by atoms with Crippen molar-refractivity contribution in [2.45, 2.75) is 5.25 Å². The molecule has 3 nitrogen and oxygen atoms in total. The first-order valence-electron chi connectivity index (χ1n) is 8.01. The number of benzene rings is 3. The Hall–Kier alpha value is -2.72. The summed E-state index contributed by atoms with van der Waals surface area (Å²) in [6, 6.07) is 28.2. The molecule has 0 unspecified atom stereocenters. The lowest BCUT2D eigenvalue weighted by Gasteiger charge is -2.17. The van der Waals surface area contributed by atoms with Crippen molar-refractivity contribution in [1.82, 2.24) is 0 Å². The number of hydrogen-bond donors (Lipinski definition) is 1. The van der Waals surface area contributed by atoms with E-state index in [0.717, 1.165) is 11.4 Å². The van der Waals surface area contributed by atoms with Crippen LogP contribution in [-0.2, 0) is 0 Å². The molecule has 0 saturated heterocycles. The third-order valence-corrected chi connectivity index (χ3v) is 4.87. The molecule has 0 atom stereocenters. The van der Waals surface area contributed by atoms with Gasteiger partial charge in [-0.1, -0.05) is 72.4 Å². The van der Waals surface area contributed by atoms with Crippen molar-refractivity contribution in [3.8, 4) is 5.75 Å². The minimum atomic E-state index is 0.101. The van der Waals surface area contributed by atoms with Crippen molar-refractivity contribution in [1.29, 1.82) is 0 Å². The van der Waals surface area contributed by atoms with Crippen molar-refractivity contribution in [2.24, 2.45) is 10.7 Å². The molecule has 0 aliphatic carbocycles. The summed E-state index contributed by atoms with van der Waals surface area (Å²) < 4.78 is 5.17. The van der Waals surface area contributed by atoms with Crippen molar-refractivity contribution < 1.29 is 4.74 Å². The topological polar surface area (TPSA) is 47.6 Å². The number of hydrogen-bond acceptors (Lipinski definition) is 3. The fourth-order valence-electron chi connectivity index (χ4n) is 2.52. The molecule has 4 heteroatoms. The summed E-state index contributed by atoms with van der Waals surface area (Å²) in [6.45, 7) is 0. The van der Waals surface area contributed by atoms with Gasteiger partial charge in [0.05, 0.1) is 18.0 Å². The van der Waals surface area contributed by atoms with Gasteiger partial charge in [0.2, 0.25) is 0 Å². The van der Waals surface area contributed by atoms with E-state index >= 15 is 0 Å². The summed E-state index contributed by atoms with van der Waals surface area (Å²) in [6.07, 6.45) is 0. The SMILES string of the molecule is COc1ccc(N=C(N)SC(c2ccccc2)c2ccccc2)cc1. The second-order valence-corrected chi connectivity index (χ2v) is 6.59. The highest BCUT2D eigenvalue weighted by atomic mass is 32.2. The molecule has 0 saturated carbocycles. The van der Waals surface area contributed by atoms with E-state index in [1.165, 1.54) is 11.1 Å². The third kappa shape index (κ3) is 4.64. The number of nitrogens with zero attached hydrogens (tertiary/aromatic N) is 1. The standard InChI is InChI=1S/C21H20N2OS/c1-24-19-14-12-18(13-15-19)23-21(22)25-20(16-8-4-2-5-9-16)17-10-6-3-7-11-17/h2-15,20H,1H3,(H2,22,23). The van der Waals surface area contributed by atoms with Crippen molar-refractivity contribution in [2.75, 3.05) is 7.11 Å². The number of aliphatic imine (C=N–C) groups is 1. The Kier molecular flexibility index (Phi) is 5.75. The molecule has 2 N–H and O–H groups in total. The minimum absolute atomic E-state index is 0.101. The summed E-state index contributed by atoms with van der Waals surface area (Å²) in [5.41, 5.74) is 9.45. The van der Waals surface area contributed by atoms with Gasteiger partial charge in [0.1, 0.15) is 5.75 Å². The fourth-order valence-corrected chi connectivity index (χ4v) is 3.50. The Morgan fingerprint density at radius 3 is 1.84 bits per heavy atom. The van der Waals surface area contributed by atoms with Crippen LogP contribution in [-0.4, -0.2) is 12.3 Å². The maximum Gasteiger partial charge on any atom is 0.160 e. The third-order valence-electron chi connectivity index (χ3n) is 3.75. The highest BCUT2D eigenvalue weighted by molar-refractivity contribution is 8.14. The first-order valence-corrected chi connectivity index (χ1v) is 8.89. The van der Waals surface area contributed by atoms with Gasteiger partial charge in [0.15, 0.2) is 5.17 Å². The Balaban J connectivity index is 1.85. The number of ether oxygens (including phenoxy) is 1. The monoisotopic (exact) mass is 348 g/mol. The maximum atomic E-state index is 6.23. The van der Waals surface area contributed by atoms with Crippen molar-refractivity contribution >= 4 is 22.6 Å². The van der Waals surface area contributed by atoms with Crippen LogP contribution in [0.5, 0.6) is 5.75 Å². The van der Waals surface area contributed by atoms with Gasteiger partial charge in [-0.25, -0.2) is 4.99 Å². The lowest BCUT2D eigenvalue weighted by atomic mass is 10.0. The second-order valence-electron chi connectivity index (χ2n) is 5.47. The van der Waals surface area contributed by atoms with E-state index in [1.54, 1.807) is 18.9 Å². The fraction of sp³-hybridized carbons (Fsp3) is 0.0952. The van der Waals surface area contributed by atoms with E-state index < -0.39 is 0 Å². The van der Waals surface area contributed by atoms with Crippen LogP contribution in [0.4, 0.5) is 5.69 Å². The van der Waals surface area contributed by atoms with E-state index in [0.29, 0.717) is 5.17 Å². The zero-order chi connectivity index (χ0) is 17.5. The Morgan fingerprint density at radius 1 is 0.840 bits per heavy atom. The molecule has 0 aliphatic heterocycles. The Morgan fingerprint density at radius 2 is 1.36 bits per heavy atom. The van der Waals surface area contributed by atoms with Crippen LogP contribution in [0.1, 0.15) is 16.4 Å². The Bertz CT molecular complexity index is 778. The zero-order valence-corrected chi connectivity index (χ0v) is 14.8. The number of rotatable bonds is 5. The molecule has 0 heterocycles. The normalized spacial score (nSPS) is 11.5. The van der Waals surface area contributed by atoms with Crippen LogP contribution in [0.3, 0.4) is 0 Å². The molecule has 3 rings (SSSR count). The van der Waals surface area contributed by atoms with Crippen LogP contribution < -0.4 is 10.5 Å². The molecule has 3 aromatic rings. The molecule has 0 aliphatic rings. The van der Waals surface area contributed by atoms with Gasteiger partial charge in [0, 0.05) is 0 Å². The van der Waals surface area contributed by atoms with Gasteiger partial charge in [0.25, 0.3) is 0 Å². The highest BCUT2D eigenvalue weighted by Crippen LogP contribution is 2.36. The second kappa shape index (κ2) is 8.40. The smallest absolute Gasteiger partial charge is 0.160 e. The lowest BCUT2D eigenvalue weighted by Crippen LogP contribution is -2.10. The molecule has 0 bridgehead atoms. The van der Waals surface area contributed by atoms with Gasteiger partial charge in [-0.2, -0.15) is 0 Å². The van der Waals surface area contributed by atoms with Crippen LogP contribution in [0.25, 0.3) is 0 Å². The van der Waals surface area contributed by atoms with Gasteiger partial charge in [-0.3, -0.25) is 0 Å². The number of thioether (sulfide) groups is 1. The van der Waals surface area contributed by atoms with Gasteiger partial charge < -0.3 is 10.5 Å². The predicted molar refractivity (Wildman–Crippen MR) is 107 cm³/mol. The molecule has 0 spiro atoms. The largest absolute Gasteiger partial charge is 0.497 e. The summed E-state index contributed by atoms with van der Waals surface area (Å²) in [5, 5.41) is 0.632. The molecule has 0 radical (unpaired) electrons. The van der Waals surface area contributed by atoms with Crippen LogP contribution in [0, 0.1) is 0 Å². The van der Waals surface area contributed by atoms with Crippen molar-refractivity contribution in [3.63, 3.8) is 0 Å². The summed E-state index contributed by atoms with van der Waals surface area (Å²) in [7, 11) is 1.65. The van der Waals surface area contributed by atoms with E-state index in [2.05, 4.69) is 29.3 Å². The summed E-state index contributed by atoms with van der Waals surface area (Å²) in [4.78, 5) is 4.53. The average Bonchev–Trinajstić information content (AvgIpc) is 2.68. The van der Waals surface area contributed by atoms with Gasteiger partial charge in [-0.05, 0) is 35.4 Å². The number of amidine groups is 1. The number of nitrogens with two attached hydrogens (primary N) is 1. The maximum absolute atomic E-state index is 6.23. The minimum Gasteiger partial charge on any atom is -0.497 e. The predicted octanol–water partition coefficient (Wildman–Crippen LogP) is 5.16. The lowest BCUT2D eigenvalue weighted by molar-refractivity contribution is 0.415. The summed E-state index contributed by atoms with van der Waals surface area (Å²) in [5.74, 6) is 0.802. The van der Waals surface area contributed by atoms with Gasteiger partial charge >= 0.3 is 0 Å². The van der Waals surface area contributed by atoms with Crippen LogP contribution in [0.2, 0.25) is 0 Å². The highest BCUT2D eigenvalue weighted by Gasteiger charge is 2.16. The summed E-state index contributed by atoms with van der Waals surface area (Å²) >= 11 is 1.55. The Labute approximate surface area is 152 Å². The van der Waals surface area contributed by atoms with Crippen molar-refractivity contribution in [3.05, 3.63) is 96.1 Å². The molecular weight excluding hydrogens is 328 g/mol. The van der Waals surface area contributed by atoms with E-state index in [-0.39, 0.29) is 5.25 Å². The zero-order valence-electron chi connectivity index (χ0n) is 14.0. The molecule has 0 fully saturated rings. The average molecular weight is 348 g/mol. The molecule has 0 aromatic heterocycles. The quantitative estimate of drug-likeness (QED) is 0.511. The number of methoxy groups -OCH3 is 1. The van der Waals surface area contributed by atoms with E-state index in [9.17, 15) is 0 Å². The van der Waals surface area contributed by atoms with E-state index in [4.69, 9.17) is 10.5 Å². The van der Waals surface area contributed by atoms with Crippen LogP contribution >= 0.6 is 11.8 Å². The molecule has 25 heavy (non-hydrogen) atoms. The first kappa shape index (κ1) is 17.1. The van der Waals surface area contributed by atoms with E-state index in [1.807, 2.05) is 60.7 Å². The van der Waals surface area contributed by atoms with Gasteiger partial charge in [-0.15, -0.1) is 0 Å². The first-order chi connectivity index (χ1) is 12.3. The molecular formula is C21H20N2OS. The molecule has 126 valence electrons. The molecule has 3 aromatic carbocycles.